The van der Waals surface area contributed by atoms with E-state index < -0.39 is 0 Å². The van der Waals surface area contributed by atoms with Gasteiger partial charge in [0.15, 0.2) is 0 Å². The van der Waals surface area contributed by atoms with Gasteiger partial charge in [-0.05, 0) is 24.3 Å². The van der Waals surface area contributed by atoms with Crippen molar-refractivity contribution in [3.63, 3.8) is 0 Å². The summed E-state index contributed by atoms with van der Waals surface area (Å²) in [6.45, 7) is 3.50. The highest BCUT2D eigenvalue weighted by Gasteiger charge is 2.16. The molecule has 1 amide bonds. The van der Waals surface area contributed by atoms with E-state index in [9.17, 15) is 4.79 Å². The number of carbonyl (C=O) groups is 1. The Morgan fingerprint density at radius 3 is 2.78 bits per heavy atom. The second-order valence-electron chi connectivity index (χ2n) is 4.81. The van der Waals surface area contributed by atoms with Crippen molar-refractivity contribution in [2.45, 2.75) is 0 Å². The fourth-order valence-electron chi connectivity index (χ4n) is 2.39. The van der Waals surface area contributed by atoms with Crippen LogP contribution in [0.2, 0.25) is 0 Å². The number of hydrogen-bond donors (Lipinski definition) is 1. The Kier molecular flexibility index (Phi) is 4.01. The Morgan fingerprint density at radius 2 is 2.00 bits per heavy atom. The number of fused-ring (bicyclic) bond motifs is 1. The van der Waals surface area contributed by atoms with E-state index in [0.717, 1.165) is 11.1 Å². The summed E-state index contributed by atoms with van der Waals surface area (Å²) in [5, 5.41) is 2.84. The second kappa shape index (κ2) is 6.27. The number of anilines is 1. The van der Waals surface area contributed by atoms with Gasteiger partial charge in [0, 0.05) is 23.5 Å². The number of rotatable bonds is 4. The van der Waals surface area contributed by atoms with E-state index in [1.807, 2.05) is 30.3 Å². The van der Waals surface area contributed by atoms with Gasteiger partial charge in [-0.2, -0.15) is 0 Å². The van der Waals surface area contributed by atoms with E-state index >= 15 is 0 Å². The minimum atomic E-state index is -0.306. The molecule has 2 heterocycles. The SMILES string of the molecule is C=CC(=O)Nc1c(-c2ccccc2OC)cnc2cccnc12. The predicted molar refractivity (Wildman–Crippen MR) is 90.4 cm³/mol. The van der Waals surface area contributed by atoms with E-state index in [0.29, 0.717) is 22.5 Å². The number of hydrogen-bond acceptors (Lipinski definition) is 4. The average Bonchev–Trinajstić information content (AvgIpc) is 2.62. The number of nitrogens with one attached hydrogen (secondary N) is 1. The summed E-state index contributed by atoms with van der Waals surface area (Å²) >= 11 is 0. The van der Waals surface area contributed by atoms with Gasteiger partial charge in [-0.1, -0.05) is 24.8 Å². The lowest BCUT2D eigenvalue weighted by molar-refractivity contribution is -0.111. The molecule has 0 saturated heterocycles. The van der Waals surface area contributed by atoms with Crippen LogP contribution in [0.5, 0.6) is 5.75 Å². The number of amides is 1. The molecule has 0 unspecified atom stereocenters. The molecule has 0 atom stereocenters. The first-order chi connectivity index (χ1) is 11.2. The van der Waals surface area contributed by atoms with Crippen molar-refractivity contribution >= 4 is 22.6 Å². The molecule has 3 aromatic rings. The highest BCUT2D eigenvalue weighted by Crippen LogP contribution is 2.37. The van der Waals surface area contributed by atoms with Crippen LogP contribution in [-0.4, -0.2) is 23.0 Å². The highest BCUT2D eigenvalue weighted by atomic mass is 16.5. The maximum atomic E-state index is 11.9. The molecule has 0 fully saturated rings. The van der Waals surface area contributed by atoms with Gasteiger partial charge in [-0.25, -0.2) is 0 Å². The number of benzene rings is 1. The molecule has 0 bridgehead atoms. The first-order valence-corrected chi connectivity index (χ1v) is 7.05. The molecule has 1 aromatic carbocycles. The molecular weight excluding hydrogens is 290 g/mol. The van der Waals surface area contributed by atoms with Crippen LogP contribution < -0.4 is 10.1 Å². The molecule has 5 heteroatoms. The molecule has 0 aliphatic carbocycles. The number of pyridine rings is 2. The molecule has 1 N–H and O–H groups in total. The molecular formula is C18H15N3O2. The van der Waals surface area contributed by atoms with Crippen molar-refractivity contribution in [3.8, 4) is 16.9 Å². The van der Waals surface area contributed by atoms with Gasteiger partial charge >= 0.3 is 0 Å². The summed E-state index contributed by atoms with van der Waals surface area (Å²) in [6.07, 6.45) is 4.60. The van der Waals surface area contributed by atoms with Crippen molar-refractivity contribution in [2.24, 2.45) is 0 Å². The summed E-state index contributed by atoms with van der Waals surface area (Å²) in [6, 6.07) is 11.2. The van der Waals surface area contributed by atoms with Crippen molar-refractivity contribution in [1.82, 2.24) is 9.97 Å². The van der Waals surface area contributed by atoms with Gasteiger partial charge in [-0.3, -0.25) is 14.8 Å². The van der Waals surface area contributed by atoms with Gasteiger partial charge in [-0.15, -0.1) is 0 Å². The van der Waals surface area contributed by atoms with Gasteiger partial charge < -0.3 is 10.1 Å². The molecule has 3 rings (SSSR count). The fraction of sp³-hybridized carbons (Fsp3) is 0.0556. The maximum Gasteiger partial charge on any atom is 0.247 e. The Morgan fingerprint density at radius 1 is 1.17 bits per heavy atom. The zero-order chi connectivity index (χ0) is 16.2. The topological polar surface area (TPSA) is 64.1 Å². The third-order valence-electron chi connectivity index (χ3n) is 3.46. The zero-order valence-corrected chi connectivity index (χ0v) is 12.6. The predicted octanol–water partition coefficient (Wildman–Crippen LogP) is 3.43. The smallest absolute Gasteiger partial charge is 0.247 e. The lowest BCUT2D eigenvalue weighted by Crippen LogP contribution is -2.10. The third-order valence-corrected chi connectivity index (χ3v) is 3.46. The maximum absolute atomic E-state index is 11.9. The van der Waals surface area contributed by atoms with Crippen molar-refractivity contribution in [2.75, 3.05) is 12.4 Å². The number of nitrogens with zero attached hydrogens (tertiary/aromatic N) is 2. The highest BCUT2D eigenvalue weighted by molar-refractivity contribution is 6.08. The van der Waals surface area contributed by atoms with Crippen molar-refractivity contribution < 1.29 is 9.53 Å². The largest absolute Gasteiger partial charge is 0.496 e. The molecule has 2 aromatic heterocycles. The van der Waals surface area contributed by atoms with Crippen molar-refractivity contribution in [1.29, 1.82) is 0 Å². The van der Waals surface area contributed by atoms with E-state index in [-0.39, 0.29) is 5.91 Å². The number of aromatic nitrogens is 2. The summed E-state index contributed by atoms with van der Waals surface area (Å²) in [5.74, 6) is 0.387. The lowest BCUT2D eigenvalue weighted by atomic mass is 10.0. The molecule has 114 valence electrons. The summed E-state index contributed by atoms with van der Waals surface area (Å²) in [5.41, 5.74) is 3.47. The first-order valence-electron chi connectivity index (χ1n) is 7.05. The molecule has 0 spiro atoms. The fourth-order valence-corrected chi connectivity index (χ4v) is 2.39. The summed E-state index contributed by atoms with van der Waals surface area (Å²) in [4.78, 5) is 20.6. The van der Waals surface area contributed by atoms with Crippen LogP contribution in [0.4, 0.5) is 5.69 Å². The monoisotopic (exact) mass is 305 g/mol. The molecule has 0 saturated carbocycles. The molecule has 0 aliphatic rings. The van der Waals surface area contributed by atoms with Gasteiger partial charge in [0.05, 0.1) is 18.3 Å². The van der Waals surface area contributed by atoms with E-state index in [1.54, 1.807) is 25.6 Å². The van der Waals surface area contributed by atoms with Crippen LogP contribution in [0.3, 0.4) is 0 Å². The first kappa shape index (κ1) is 14.7. The second-order valence-corrected chi connectivity index (χ2v) is 4.81. The van der Waals surface area contributed by atoms with Crippen LogP contribution in [-0.2, 0) is 4.79 Å². The summed E-state index contributed by atoms with van der Waals surface area (Å²) in [7, 11) is 1.60. The van der Waals surface area contributed by atoms with Crippen LogP contribution in [0.25, 0.3) is 22.2 Å². The van der Waals surface area contributed by atoms with E-state index in [1.165, 1.54) is 6.08 Å². The molecule has 5 nitrogen and oxygen atoms in total. The number of methoxy groups -OCH3 is 1. The molecule has 0 radical (unpaired) electrons. The standard InChI is InChI=1S/C18H15N3O2/c1-3-16(22)21-17-13(12-7-4-5-9-15(12)23-2)11-20-14-8-6-10-19-18(14)17/h3-11H,1H2,2H3,(H,20,21,22). The zero-order valence-electron chi connectivity index (χ0n) is 12.6. The molecule has 23 heavy (non-hydrogen) atoms. The number of para-hydroxylation sites is 1. The van der Waals surface area contributed by atoms with Crippen LogP contribution in [0.15, 0.2) is 61.4 Å². The lowest BCUT2D eigenvalue weighted by Gasteiger charge is -2.14. The van der Waals surface area contributed by atoms with Gasteiger partial charge in [0.1, 0.15) is 11.3 Å². The number of ether oxygens (including phenoxy) is 1. The minimum Gasteiger partial charge on any atom is -0.496 e. The van der Waals surface area contributed by atoms with Crippen LogP contribution in [0, 0.1) is 0 Å². The Labute approximate surface area is 133 Å². The Balaban J connectivity index is 2.29. The summed E-state index contributed by atoms with van der Waals surface area (Å²) < 4.78 is 5.42. The van der Waals surface area contributed by atoms with Gasteiger partial charge in [0.2, 0.25) is 5.91 Å². The van der Waals surface area contributed by atoms with Gasteiger partial charge in [0.25, 0.3) is 0 Å². The number of carbonyl (C=O) groups excluding carboxylic acids is 1. The van der Waals surface area contributed by atoms with Crippen LogP contribution in [0.1, 0.15) is 0 Å². The third kappa shape index (κ3) is 2.76. The quantitative estimate of drug-likeness (QED) is 0.750. The van der Waals surface area contributed by atoms with E-state index in [4.69, 9.17) is 4.74 Å². The Hall–Kier alpha value is -3.21. The molecule has 0 aliphatic heterocycles. The van der Waals surface area contributed by atoms with Crippen LogP contribution >= 0.6 is 0 Å². The minimum absolute atomic E-state index is 0.306. The average molecular weight is 305 g/mol. The normalized spacial score (nSPS) is 10.3. The van der Waals surface area contributed by atoms with E-state index in [2.05, 4.69) is 21.9 Å². The van der Waals surface area contributed by atoms with Crippen molar-refractivity contribution in [3.05, 3.63) is 61.4 Å². The Bertz CT molecular complexity index is 890.